The van der Waals surface area contributed by atoms with Gasteiger partial charge in [-0.2, -0.15) is 9.80 Å². The maximum Gasteiger partial charge on any atom is 0.423 e. The van der Waals surface area contributed by atoms with Gasteiger partial charge < -0.3 is 24.1 Å². The molecule has 0 radical (unpaired) electrons. The molecular formula is C26H26N2O11. The maximum absolute atomic E-state index is 13.6. The molecule has 206 valence electrons. The van der Waals surface area contributed by atoms with Crippen LogP contribution in [0.2, 0.25) is 0 Å². The summed E-state index contributed by atoms with van der Waals surface area (Å²) in [6.07, 6.45) is -0.516. The molecule has 1 aromatic rings. The molecule has 0 aromatic heterocycles. The van der Waals surface area contributed by atoms with Crippen molar-refractivity contribution < 1.29 is 52.8 Å². The average molecular weight is 542 g/mol. The fourth-order valence-electron chi connectivity index (χ4n) is 6.64. The standard InChI is InChI=1S/C26H26N2O11/c1-36-10-7-15(29)20(16(8-10)37-2)18-11-5-6-12-17(23(32)27(21(12)30)25(34)38-3)13(11)9-14-19(18)24(33)28(22(14)31)26(35)39-4/h5,7-8,12-14,17-19,29H,6,9H2,1-4H3. The molecule has 13 heteroatoms. The van der Waals surface area contributed by atoms with Crippen molar-refractivity contribution in [3.05, 3.63) is 29.3 Å². The first-order chi connectivity index (χ1) is 18.6. The van der Waals surface area contributed by atoms with Gasteiger partial charge in [0.15, 0.2) is 0 Å². The van der Waals surface area contributed by atoms with Gasteiger partial charge in [-0.3, -0.25) is 19.2 Å². The van der Waals surface area contributed by atoms with Crippen molar-refractivity contribution in [3.63, 3.8) is 0 Å². The summed E-state index contributed by atoms with van der Waals surface area (Å²) in [5, 5.41) is 11.1. The number of likely N-dealkylation sites (tertiary alicyclic amines) is 2. The molecule has 0 bridgehead atoms. The number of allylic oxidation sites excluding steroid dienone is 2. The van der Waals surface area contributed by atoms with E-state index in [2.05, 4.69) is 9.47 Å². The van der Waals surface area contributed by atoms with Crippen molar-refractivity contribution in [2.75, 3.05) is 28.4 Å². The highest BCUT2D eigenvalue weighted by molar-refractivity contribution is 6.17. The summed E-state index contributed by atoms with van der Waals surface area (Å²) in [5.41, 5.74) is 0.689. The zero-order chi connectivity index (χ0) is 28.3. The van der Waals surface area contributed by atoms with Crippen molar-refractivity contribution in [2.24, 2.45) is 29.6 Å². The quantitative estimate of drug-likeness (QED) is 0.435. The van der Waals surface area contributed by atoms with Gasteiger partial charge in [0, 0.05) is 23.6 Å². The SMILES string of the molecule is COC(=O)N1C(=O)C2CC=C3C(CC4C(=O)N(C(=O)OC)C(=O)C4C3c3c(O)cc(OC)cc3OC)C2C1=O. The second-order valence-electron chi connectivity index (χ2n) is 9.75. The van der Waals surface area contributed by atoms with Crippen molar-refractivity contribution in [2.45, 2.75) is 18.8 Å². The molecule has 1 saturated carbocycles. The number of aromatic hydroxyl groups is 1. The molecule has 13 nitrogen and oxygen atoms in total. The Balaban J connectivity index is 1.70. The molecule has 2 heterocycles. The predicted molar refractivity (Wildman–Crippen MR) is 127 cm³/mol. The van der Waals surface area contributed by atoms with E-state index < -0.39 is 71.3 Å². The van der Waals surface area contributed by atoms with Crippen molar-refractivity contribution in [3.8, 4) is 17.2 Å². The van der Waals surface area contributed by atoms with Gasteiger partial charge in [-0.1, -0.05) is 11.6 Å². The molecule has 6 amide bonds. The number of phenolic OH excluding ortho intramolecular Hbond substituents is 1. The topological polar surface area (TPSA) is 166 Å². The molecule has 6 unspecified atom stereocenters. The maximum atomic E-state index is 13.6. The Morgan fingerprint density at radius 3 is 1.95 bits per heavy atom. The number of hydrogen-bond acceptors (Lipinski definition) is 11. The van der Waals surface area contributed by atoms with Gasteiger partial charge in [-0.05, 0) is 18.8 Å². The number of amides is 6. The normalized spacial score (nSPS) is 29.4. The number of carbonyl (C=O) groups excluding carboxylic acids is 6. The number of ether oxygens (including phenoxy) is 4. The van der Waals surface area contributed by atoms with Crippen molar-refractivity contribution >= 4 is 35.8 Å². The number of fused-ring (bicyclic) bond motifs is 4. The molecule has 2 aliphatic heterocycles. The minimum absolute atomic E-state index is 0.0422. The Hall–Kier alpha value is -4.42. The highest BCUT2D eigenvalue weighted by atomic mass is 16.6. The van der Waals surface area contributed by atoms with Crippen LogP contribution in [0.5, 0.6) is 17.2 Å². The molecule has 1 N–H and O–H groups in total. The van der Waals surface area contributed by atoms with Gasteiger partial charge in [0.25, 0.3) is 0 Å². The molecule has 2 aliphatic carbocycles. The Morgan fingerprint density at radius 2 is 1.38 bits per heavy atom. The van der Waals surface area contributed by atoms with E-state index >= 15 is 0 Å². The fourth-order valence-corrected chi connectivity index (χ4v) is 6.64. The molecule has 39 heavy (non-hydrogen) atoms. The Kier molecular flexibility index (Phi) is 6.31. The summed E-state index contributed by atoms with van der Waals surface area (Å²) in [5.74, 6) is -8.83. The first-order valence-corrected chi connectivity index (χ1v) is 12.2. The Labute approximate surface area is 222 Å². The first-order valence-electron chi connectivity index (χ1n) is 12.2. The lowest BCUT2D eigenvalue weighted by Crippen LogP contribution is -2.43. The summed E-state index contributed by atoms with van der Waals surface area (Å²) < 4.78 is 20.1. The zero-order valence-electron chi connectivity index (χ0n) is 21.5. The smallest absolute Gasteiger partial charge is 0.423 e. The average Bonchev–Trinajstić information content (AvgIpc) is 3.34. The zero-order valence-corrected chi connectivity index (χ0v) is 21.5. The van der Waals surface area contributed by atoms with Crippen molar-refractivity contribution in [1.82, 2.24) is 9.80 Å². The molecular weight excluding hydrogens is 516 g/mol. The molecule has 6 atom stereocenters. The molecule has 5 rings (SSSR count). The Morgan fingerprint density at radius 1 is 0.795 bits per heavy atom. The van der Waals surface area contributed by atoms with Crippen LogP contribution in [0.3, 0.4) is 0 Å². The first kappa shape index (κ1) is 26.2. The number of imide groups is 6. The van der Waals surface area contributed by atoms with E-state index in [1.807, 2.05) is 0 Å². The van der Waals surface area contributed by atoms with Crippen LogP contribution >= 0.6 is 0 Å². The van der Waals surface area contributed by atoms with E-state index in [9.17, 15) is 33.9 Å². The number of methoxy groups -OCH3 is 4. The second-order valence-corrected chi connectivity index (χ2v) is 9.75. The molecule has 2 saturated heterocycles. The number of phenols is 1. The number of hydrogen-bond donors (Lipinski definition) is 1. The highest BCUT2D eigenvalue weighted by Gasteiger charge is 2.64. The van der Waals surface area contributed by atoms with E-state index in [1.54, 1.807) is 6.08 Å². The molecule has 4 aliphatic rings. The van der Waals surface area contributed by atoms with E-state index in [1.165, 1.54) is 26.4 Å². The third-order valence-electron chi connectivity index (χ3n) is 8.22. The minimum atomic E-state index is -1.15. The van der Waals surface area contributed by atoms with Crippen LogP contribution in [-0.4, -0.2) is 79.2 Å². The van der Waals surface area contributed by atoms with Crippen molar-refractivity contribution in [1.29, 1.82) is 0 Å². The summed E-state index contributed by atoms with van der Waals surface area (Å²) in [4.78, 5) is 79.1. The van der Waals surface area contributed by atoms with Gasteiger partial charge in [0.05, 0.1) is 52.1 Å². The van der Waals surface area contributed by atoms with Crippen LogP contribution in [0, 0.1) is 29.6 Å². The van der Waals surface area contributed by atoms with Gasteiger partial charge in [-0.25, -0.2) is 9.59 Å². The summed E-state index contributed by atoms with van der Waals surface area (Å²) in [7, 11) is 4.85. The third kappa shape index (κ3) is 3.59. The predicted octanol–water partition coefficient (Wildman–Crippen LogP) is 1.58. The van der Waals surface area contributed by atoms with Gasteiger partial charge >= 0.3 is 12.2 Å². The van der Waals surface area contributed by atoms with Gasteiger partial charge in [-0.15, -0.1) is 0 Å². The lowest BCUT2D eigenvalue weighted by molar-refractivity contribution is -0.139. The fraction of sp³-hybridized carbons (Fsp3) is 0.462. The van der Waals surface area contributed by atoms with E-state index in [-0.39, 0.29) is 35.7 Å². The third-order valence-corrected chi connectivity index (χ3v) is 8.22. The van der Waals surface area contributed by atoms with Crippen LogP contribution in [0.4, 0.5) is 9.59 Å². The monoisotopic (exact) mass is 542 g/mol. The highest BCUT2D eigenvalue weighted by Crippen LogP contribution is 2.60. The Bertz CT molecular complexity index is 1350. The van der Waals surface area contributed by atoms with Gasteiger partial charge in [0.1, 0.15) is 17.2 Å². The number of benzene rings is 1. The lowest BCUT2D eigenvalue weighted by atomic mass is 9.57. The minimum Gasteiger partial charge on any atom is -0.507 e. The number of nitrogens with zero attached hydrogens (tertiary/aromatic N) is 2. The van der Waals surface area contributed by atoms with Crippen LogP contribution in [0.25, 0.3) is 0 Å². The van der Waals surface area contributed by atoms with E-state index in [0.29, 0.717) is 15.4 Å². The second kappa shape index (κ2) is 9.40. The van der Waals surface area contributed by atoms with Crippen LogP contribution in [0.1, 0.15) is 24.3 Å². The molecule has 3 fully saturated rings. The van der Waals surface area contributed by atoms with E-state index in [4.69, 9.17) is 9.47 Å². The number of rotatable bonds is 3. The lowest BCUT2D eigenvalue weighted by Gasteiger charge is -2.44. The summed E-state index contributed by atoms with van der Waals surface area (Å²) in [6.45, 7) is 0. The van der Waals surface area contributed by atoms with Crippen LogP contribution in [-0.2, 0) is 28.7 Å². The van der Waals surface area contributed by atoms with Gasteiger partial charge in [0.2, 0.25) is 23.6 Å². The largest absolute Gasteiger partial charge is 0.507 e. The molecule has 0 spiro atoms. The summed E-state index contributed by atoms with van der Waals surface area (Å²) >= 11 is 0. The van der Waals surface area contributed by atoms with E-state index in [0.717, 1.165) is 14.2 Å². The molecule has 1 aromatic carbocycles. The van der Waals surface area contributed by atoms with Crippen LogP contribution < -0.4 is 9.47 Å². The summed E-state index contributed by atoms with van der Waals surface area (Å²) in [6, 6.07) is 2.83. The number of carbonyl (C=O) groups is 6. The van der Waals surface area contributed by atoms with Crippen LogP contribution in [0.15, 0.2) is 23.8 Å².